The first-order chi connectivity index (χ1) is 14.0. The maximum Gasteiger partial charge on any atom is 0.338 e. The van der Waals surface area contributed by atoms with E-state index in [1.54, 1.807) is 49.4 Å². The zero-order chi connectivity index (χ0) is 20.8. The first-order valence-electron chi connectivity index (χ1n) is 9.23. The van der Waals surface area contributed by atoms with E-state index in [2.05, 4.69) is 10.3 Å². The number of nitrogens with one attached hydrogen (secondary N) is 1. The van der Waals surface area contributed by atoms with Gasteiger partial charge in [0.2, 0.25) is 5.91 Å². The monoisotopic (exact) mass is 411 g/mol. The van der Waals surface area contributed by atoms with Gasteiger partial charge in [-0.1, -0.05) is 30.0 Å². The number of carbonyl (C=O) groups excluding carboxylic acids is 3. The van der Waals surface area contributed by atoms with Crippen molar-refractivity contribution in [3.8, 4) is 0 Å². The van der Waals surface area contributed by atoms with Gasteiger partial charge in [0, 0.05) is 12.1 Å². The maximum absolute atomic E-state index is 12.2. The lowest BCUT2D eigenvalue weighted by molar-refractivity contribution is -0.117. The Hall–Kier alpha value is -3.13. The minimum absolute atomic E-state index is 0.0482. The van der Waals surface area contributed by atoms with Gasteiger partial charge in [-0.3, -0.25) is 14.9 Å². The van der Waals surface area contributed by atoms with E-state index in [0.717, 1.165) is 5.52 Å². The van der Waals surface area contributed by atoms with Gasteiger partial charge in [0.25, 0.3) is 5.91 Å². The van der Waals surface area contributed by atoms with Crippen LogP contribution in [-0.4, -0.2) is 39.7 Å². The normalized spacial score (nSPS) is 10.7. The first-order valence-corrected chi connectivity index (χ1v) is 10.2. The highest BCUT2D eigenvalue weighted by Gasteiger charge is 2.16. The summed E-state index contributed by atoms with van der Waals surface area (Å²) in [7, 11) is 0. The highest BCUT2D eigenvalue weighted by Crippen LogP contribution is 2.25. The summed E-state index contributed by atoms with van der Waals surface area (Å²) in [6, 6.07) is 13.8. The molecule has 0 fully saturated rings. The molecular formula is C21H21N3O4S. The zero-order valence-corrected chi connectivity index (χ0v) is 17.0. The van der Waals surface area contributed by atoms with Crippen LogP contribution >= 0.6 is 11.8 Å². The van der Waals surface area contributed by atoms with Crippen molar-refractivity contribution >= 4 is 40.6 Å². The van der Waals surface area contributed by atoms with Gasteiger partial charge < -0.3 is 9.30 Å². The predicted molar refractivity (Wildman–Crippen MR) is 111 cm³/mol. The average molecular weight is 411 g/mol. The molecule has 7 nitrogen and oxygen atoms in total. The molecule has 1 aromatic heterocycles. The number of hydrogen-bond acceptors (Lipinski definition) is 6. The lowest BCUT2D eigenvalue weighted by Crippen LogP contribution is -2.31. The van der Waals surface area contributed by atoms with Crippen LogP contribution in [0, 0.1) is 0 Å². The molecule has 2 aromatic carbocycles. The Balaban J connectivity index is 1.71. The van der Waals surface area contributed by atoms with Crippen molar-refractivity contribution in [1.82, 2.24) is 14.9 Å². The van der Waals surface area contributed by atoms with Gasteiger partial charge in [-0.25, -0.2) is 9.78 Å². The van der Waals surface area contributed by atoms with E-state index >= 15 is 0 Å². The van der Waals surface area contributed by atoms with Crippen molar-refractivity contribution in [2.75, 3.05) is 12.4 Å². The van der Waals surface area contributed by atoms with E-state index in [1.807, 2.05) is 17.6 Å². The van der Waals surface area contributed by atoms with Gasteiger partial charge in [-0.15, -0.1) is 0 Å². The summed E-state index contributed by atoms with van der Waals surface area (Å²) in [5.74, 6) is -1.18. The van der Waals surface area contributed by atoms with Crippen molar-refractivity contribution in [1.29, 1.82) is 0 Å². The van der Waals surface area contributed by atoms with Crippen molar-refractivity contribution in [3.63, 3.8) is 0 Å². The molecule has 0 bridgehead atoms. The summed E-state index contributed by atoms with van der Waals surface area (Å²) in [5, 5.41) is 3.02. The van der Waals surface area contributed by atoms with Gasteiger partial charge in [0.15, 0.2) is 5.16 Å². The number of thioether (sulfide) groups is 1. The molecule has 0 aliphatic heterocycles. The van der Waals surface area contributed by atoms with Gasteiger partial charge >= 0.3 is 5.97 Å². The Morgan fingerprint density at radius 2 is 1.83 bits per heavy atom. The predicted octanol–water partition coefficient (Wildman–Crippen LogP) is 3.28. The summed E-state index contributed by atoms with van der Waals surface area (Å²) in [6.45, 7) is 4.69. The van der Waals surface area contributed by atoms with Gasteiger partial charge in [0.1, 0.15) is 0 Å². The Bertz CT molecular complexity index is 1050. The molecule has 0 saturated heterocycles. The fraction of sp³-hybridized carbons (Fsp3) is 0.238. The molecule has 0 unspecified atom stereocenters. The SMILES string of the molecule is CCOC(=O)c1ccc2c(c1)nc(SCC(=O)NC(=O)c1ccccc1)n2CC. The van der Waals surface area contributed by atoms with E-state index in [0.29, 0.717) is 35.0 Å². The number of nitrogens with zero attached hydrogens (tertiary/aromatic N) is 2. The smallest absolute Gasteiger partial charge is 0.338 e. The molecule has 150 valence electrons. The lowest BCUT2D eigenvalue weighted by atomic mass is 10.2. The fourth-order valence-corrected chi connectivity index (χ4v) is 3.70. The lowest BCUT2D eigenvalue weighted by Gasteiger charge is -2.06. The molecular weight excluding hydrogens is 390 g/mol. The summed E-state index contributed by atoms with van der Waals surface area (Å²) in [4.78, 5) is 40.7. The number of imidazole rings is 1. The zero-order valence-electron chi connectivity index (χ0n) is 16.2. The number of carbonyl (C=O) groups is 3. The molecule has 2 amide bonds. The molecule has 0 aliphatic rings. The molecule has 0 radical (unpaired) electrons. The number of benzene rings is 2. The standard InChI is InChI=1S/C21H21N3O4S/c1-3-24-17-11-10-15(20(27)28-4-2)12-16(17)22-21(24)29-13-18(25)23-19(26)14-8-6-5-7-9-14/h5-12H,3-4,13H2,1-2H3,(H,23,25,26). The molecule has 8 heteroatoms. The van der Waals surface area contributed by atoms with Crippen LogP contribution in [0.15, 0.2) is 53.7 Å². The van der Waals surface area contributed by atoms with Crippen molar-refractivity contribution in [2.24, 2.45) is 0 Å². The van der Waals surface area contributed by atoms with Crippen LogP contribution in [0.4, 0.5) is 0 Å². The number of imide groups is 1. The Labute approximate surface area is 172 Å². The van der Waals surface area contributed by atoms with Crippen LogP contribution in [0.1, 0.15) is 34.6 Å². The van der Waals surface area contributed by atoms with E-state index in [-0.39, 0.29) is 5.75 Å². The number of aromatic nitrogens is 2. The van der Waals surface area contributed by atoms with E-state index in [9.17, 15) is 14.4 Å². The molecule has 29 heavy (non-hydrogen) atoms. The number of rotatable bonds is 7. The molecule has 3 aromatic rings. The Kier molecular flexibility index (Phi) is 6.66. The van der Waals surface area contributed by atoms with Gasteiger partial charge in [-0.05, 0) is 44.2 Å². The number of amides is 2. The number of aryl methyl sites for hydroxylation is 1. The van der Waals surface area contributed by atoms with Crippen molar-refractivity contribution in [3.05, 3.63) is 59.7 Å². The molecule has 0 spiro atoms. The van der Waals surface area contributed by atoms with Crippen LogP contribution in [0.3, 0.4) is 0 Å². The highest BCUT2D eigenvalue weighted by atomic mass is 32.2. The molecule has 0 atom stereocenters. The number of ether oxygens (including phenoxy) is 1. The van der Waals surface area contributed by atoms with Crippen LogP contribution in [-0.2, 0) is 16.1 Å². The largest absolute Gasteiger partial charge is 0.462 e. The summed E-state index contributed by atoms with van der Waals surface area (Å²) >= 11 is 1.24. The second-order valence-corrected chi connectivity index (χ2v) is 7.04. The van der Waals surface area contributed by atoms with Crippen LogP contribution in [0.2, 0.25) is 0 Å². The molecule has 0 aliphatic carbocycles. The van der Waals surface area contributed by atoms with Crippen LogP contribution in [0.25, 0.3) is 11.0 Å². The highest BCUT2D eigenvalue weighted by molar-refractivity contribution is 7.99. The van der Waals surface area contributed by atoms with Crippen LogP contribution in [0.5, 0.6) is 0 Å². The molecule has 3 rings (SSSR count). The third kappa shape index (κ3) is 4.83. The topological polar surface area (TPSA) is 90.3 Å². The van der Waals surface area contributed by atoms with Crippen molar-refractivity contribution in [2.45, 2.75) is 25.5 Å². The maximum atomic E-state index is 12.2. The third-order valence-electron chi connectivity index (χ3n) is 4.16. The second-order valence-electron chi connectivity index (χ2n) is 6.09. The number of esters is 1. The van der Waals surface area contributed by atoms with E-state index in [4.69, 9.17) is 4.74 Å². The fourth-order valence-electron chi connectivity index (χ4n) is 2.82. The van der Waals surface area contributed by atoms with Crippen LogP contribution < -0.4 is 5.32 Å². The quantitative estimate of drug-likeness (QED) is 0.474. The Morgan fingerprint density at radius 1 is 1.07 bits per heavy atom. The van der Waals surface area contributed by atoms with Gasteiger partial charge in [0.05, 0.1) is 29.0 Å². The minimum atomic E-state index is -0.431. The van der Waals surface area contributed by atoms with E-state index in [1.165, 1.54) is 11.8 Å². The number of fused-ring (bicyclic) bond motifs is 1. The summed E-state index contributed by atoms with van der Waals surface area (Å²) < 4.78 is 6.99. The van der Waals surface area contributed by atoms with Crippen molar-refractivity contribution < 1.29 is 19.1 Å². The minimum Gasteiger partial charge on any atom is -0.462 e. The average Bonchev–Trinajstić information content (AvgIpc) is 3.09. The Morgan fingerprint density at radius 3 is 2.52 bits per heavy atom. The van der Waals surface area contributed by atoms with Gasteiger partial charge in [-0.2, -0.15) is 0 Å². The third-order valence-corrected chi connectivity index (χ3v) is 5.14. The van der Waals surface area contributed by atoms with E-state index < -0.39 is 17.8 Å². The first kappa shape index (κ1) is 20.6. The second kappa shape index (κ2) is 9.38. The summed E-state index contributed by atoms with van der Waals surface area (Å²) in [5.41, 5.74) is 2.38. The summed E-state index contributed by atoms with van der Waals surface area (Å²) in [6.07, 6.45) is 0. The number of hydrogen-bond donors (Lipinski definition) is 1. The molecule has 0 saturated carbocycles. The molecule has 1 N–H and O–H groups in total. The molecule has 1 heterocycles.